The first-order chi connectivity index (χ1) is 9.99. The predicted octanol–water partition coefficient (Wildman–Crippen LogP) is 1.40. The van der Waals surface area contributed by atoms with Crippen LogP contribution in [0.2, 0.25) is 0 Å². The van der Waals surface area contributed by atoms with Gasteiger partial charge in [0.05, 0.1) is 5.69 Å². The molecule has 21 heavy (non-hydrogen) atoms. The molecule has 6 nitrogen and oxygen atoms in total. The zero-order chi connectivity index (χ0) is 15.4. The quantitative estimate of drug-likeness (QED) is 0.816. The van der Waals surface area contributed by atoms with Crippen LogP contribution in [0, 0.1) is 5.82 Å². The van der Waals surface area contributed by atoms with Crippen LogP contribution in [0.3, 0.4) is 0 Å². The number of benzene rings is 1. The normalized spacial score (nSPS) is 12.1. The van der Waals surface area contributed by atoms with Gasteiger partial charge in [-0.05, 0) is 24.3 Å². The molecule has 0 amide bonds. The molecule has 8 heteroatoms. The first kappa shape index (κ1) is 15.3. The van der Waals surface area contributed by atoms with Gasteiger partial charge in [-0.25, -0.2) is 4.39 Å². The summed E-state index contributed by atoms with van der Waals surface area (Å²) in [4.78, 5) is 11.6. The van der Waals surface area contributed by atoms with Crippen molar-refractivity contribution in [3.05, 3.63) is 35.8 Å². The largest absolute Gasteiger partial charge is 0.367 e. The van der Waals surface area contributed by atoms with Crippen molar-refractivity contribution in [2.75, 3.05) is 23.9 Å². The van der Waals surface area contributed by atoms with E-state index >= 15 is 0 Å². The summed E-state index contributed by atoms with van der Waals surface area (Å²) in [5, 5.41) is 10.8. The van der Waals surface area contributed by atoms with Crippen molar-refractivity contribution >= 4 is 22.4 Å². The van der Waals surface area contributed by atoms with Gasteiger partial charge in [-0.2, -0.15) is 4.68 Å². The highest BCUT2D eigenvalue weighted by Crippen LogP contribution is 2.18. The lowest BCUT2D eigenvalue weighted by atomic mass is 10.3. The summed E-state index contributed by atoms with van der Waals surface area (Å²) in [5.74, 6) is 0.260. The Hall–Kier alpha value is -2.09. The van der Waals surface area contributed by atoms with E-state index in [2.05, 4.69) is 15.6 Å². The summed E-state index contributed by atoms with van der Waals surface area (Å²) >= 11 is 0. The minimum absolute atomic E-state index is 0.196. The summed E-state index contributed by atoms with van der Waals surface area (Å²) in [6.07, 6.45) is 1.60. The van der Waals surface area contributed by atoms with Gasteiger partial charge in [-0.1, -0.05) is 5.21 Å². The maximum Gasteiger partial charge on any atom is 0.183 e. The van der Waals surface area contributed by atoms with Crippen molar-refractivity contribution < 1.29 is 13.4 Å². The van der Waals surface area contributed by atoms with E-state index in [1.165, 1.54) is 35.9 Å². The monoisotopic (exact) mass is 310 g/mol. The molecule has 1 heterocycles. The van der Waals surface area contributed by atoms with Gasteiger partial charge < -0.3 is 5.32 Å². The van der Waals surface area contributed by atoms with Crippen LogP contribution in [0.4, 0.5) is 10.2 Å². The standard InChI is InChI=1S/C13H15FN4O2S/c1-9(19)12-13(15-7-8-21(2)20)18(17-16-12)11-5-3-10(14)4-6-11/h3-6,15H,7-8H2,1-2H3. The Morgan fingerprint density at radius 1 is 1.38 bits per heavy atom. The first-order valence-corrected chi connectivity index (χ1v) is 7.98. The van der Waals surface area contributed by atoms with Gasteiger partial charge in [-0.3, -0.25) is 9.00 Å². The smallest absolute Gasteiger partial charge is 0.183 e. The average Bonchev–Trinajstić information content (AvgIpc) is 2.83. The summed E-state index contributed by atoms with van der Waals surface area (Å²) in [7, 11) is -0.946. The van der Waals surface area contributed by atoms with Gasteiger partial charge in [0.15, 0.2) is 17.3 Å². The lowest BCUT2D eigenvalue weighted by molar-refractivity contribution is 0.101. The molecule has 0 spiro atoms. The molecule has 112 valence electrons. The van der Waals surface area contributed by atoms with Crippen LogP contribution in [-0.2, 0) is 10.8 Å². The number of ketones is 1. The molecule has 1 aromatic heterocycles. The molecule has 0 fully saturated rings. The summed E-state index contributed by atoms with van der Waals surface area (Å²) in [5.41, 5.74) is 0.776. The van der Waals surface area contributed by atoms with E-state index in [1.807, 2.05) is 0 Å². The van der Waals surface area contributed by atoms with Crippen LogP contribution in [0.5, 0.6) is 0 Å². The number of rotatable bonds is 6. The van der Waals surface area contributed by atoms with Crippen molar-refractivity contribution in [1.29, 1.82) is 0 Å². The molecule has 1 aromatic carbocycles. The fraction of sp³-hybridized carbons (Fsp3) is 0.308. The van der Waals surface area contributed by atoms with Gasteiger partial charge >= 0.3 is 0 Å². The average molecular weight is 310 g/mol. The Morgan fingerprint density at radius 3 is 2.62 bits per heavy atom. The van der Waals surface area contributed by atoms with E-state index in [4.69, 9.17) is 0 Å². The first-order valence-electron chi connectivity index (χ1n) is 6.25. The summed E-state index contributed by atoms with van der Waals surface area (Å²) in [6, 6.07) is 5.68. The Balaban J connectivity index is 2.34. The van der Waals surface area contributed by atoms with Crippen LogP contribution >= 0.6 is 0 Å². The van der Waals surface area contributed by atoms with Gasteiger partial charge in [0.1, 0.15) is 5.82 Å². The minimum atomic E-state index is -0.946. The zero-order valence-corrected chi connectivity index (χ0v) is 12.5. The number of nitrogens with one attached hydrogen (secondary N) is 1. The van der Waals surface area contributed by atoms with Crippen LogP contribution in [-0.4, -0.2) is 43.5 Å². The molecule has 0 radical (unpaired) electrons. The molecule has 2 aromatic rings. The van der Waals surface area contributed by atoms with E-state index in [9.17, 15) is 13.4 Å². The van der Waals surface area contributed by atoms with Gasteiger partial charge in [0.25, 0.3) is 0 Å². The highest BCUT2D eigenvalue weighted by Gasteiger charge is 2.17. The number of hydrogen-bond acceptors (Lipinski definition) is 5. The lowest BCUT2D eigenvalue weighted by Gasteiger charge is -2.09. The van der Waals surface area contributed by atoms with Crippen LogP contribution in [0.25, 0.3) is 5.69 Å². The molecular weight excluding hydrogens is 295 g/mol. The van der Waals surface area contributed by atoms with E-state index in [-0.39, 0.29) is 17.3 Å². The maximum absolute atomic E-state index is 13.0. The van der Waals surface area contributed by atoms with Crippen LogP contribution in [0.15, 0.2) is 24.3 Å². The topological polar surface area (TPSA) is 76.9 Å². The van der Waals surface area contributed by atoms with Crippen molar-refractivity contribution in [2.45, 2.75) is 6.92 Å². The third-order valence-electron chi connectivity index (χ3n) is 2.76. The molecule has 0 aliphatic rings. The fourth-order valence-corrected chi connectivity index (χ4v) is 2.14. The Bertz CT molecular complexity index is 669. The molecule has 0 saturated heterocycles. The number of halogens is 1. The number of Topliss-reactive ketones (excluding diaryl/α,β-unsaturated/α-hetero) is 1. The van der Waals surface area contributed by atoms with Crippen LogP contribution in [0.1, 0.15) is 17.4 Å². The second-order valence-electron chi connectivity index (χ2n) is 4.44. The molecule has 0 saturated carbocycles. The van der Waals surface area contributed by atoms with Crippen molar-refractivity contribution in [1.82, 2.24) is 15.0 Å². The SMILES string of the molecule is CC(=O)c1nnn(-c2ccc(F)cc2)c1NCCS(C)=O. The number of aromatic nitrogens is 3. The molecule has 1 unspecified atom stereocenters. The fourth-order valence-electron chi connectivity index (χ4n) is 1.75. The van der Waals surface area contributed by atoms with Crippen molar-refractivity contribution in [2.24, 2.45) is 0 Å². The maximum atomic E-state index is 13.0. The summed E-state index contributed by atoms with van der Waals surface area (Å²) < 4.78 is 25.5. The third kappa shape index (κ3) is 3.72. The summed E-state index contributed by atoms with van der Waals surface area (Å²) in [6.45, 7) is 1.81. The molecule has 1 atom stereocenters. The van der Waals surface area contributed by atoms with E-state index in [0.29, 0.717) is 23.8 Å². The van der Waals surface area contributed by atoms with Gasteiger partial charge in [0.2, 0.25) is 0 Å². The Labute approximate surface area is 123 Å². The lowest BCUT2D eigenvalue weighted by Crippen LogP contribution is -2.15. The van der Waals surface area contributed by atoms with E-state index in [0.717, 1.165) is 0 Å². The van der Waals surface area contributed by atoms with Crippen LogP contribution < -0.4 is 5.32 Å². The number of nitrogens with zero attached hydrogens (tertiary/aromatic N) is 3. The number of hydrogen-bond donors (Lipinski definition) is 1. The highest BCUT2D eigenvalue weighted by atomic mass is 32.2. The second kappa shape index (κ2) is 6.57. The van der Waals surface area contributed by atoms with E-state index < -0.39 is 10.8 Å². The molecule has 1 N–H and O–H groups in total. The molecule has 0 aliphatic heterocycles. The number of carbonyl (C=O) groups excluding carboxylic acids is 1. The number of carbonyl (C=O) groups is 1. The van der Waals surface area contributed by atoms with Gasteiger partial charge in [0, 0.05) is 36.3 Å². The molecule has 0 bridgehead atoms. The third-order valence-corrected chi connectivity index (χ3v) is 3.54. The Kier molecular flexibility index (Phi) is 4.79. The van der Waals surface area contributed by atoms with E-state index in [1.54, 1.807) is 6.26 Å². The van der Waals surface area contributed by atoms with Crippen molar-refractivity contribution in [3.63, 3.8) is 0 Å². The number of anilines is 1. The van der Waals surface area contributed by atoms with Gasteiger partial charge in [-0.15, -0.1) is 5.10 Å². The molecule has 0 aliphatic carbocycles. The predicted molar refractivity (Wildman–Crippen MR) is 78.7 cm³/mol. The molecular formula is C13H15FN4O2S. The second-order valence-corrected chi connectivity index (χ2v) is 5.99. The molecule has 2 rings (SSSR count). The van der Waals surface area contributed by atoms with Crippen molar-refractivity contribution in [3.8, 4) is 5.69 Å². The Morgan fingerprint density at radius 2 is 2.05 bits per heavy atom. The highest BCUT2D eigenvalue weighted by molar-refractivity contribution is 7.84. The minimum Gasteiger partial charge on any atom is -0.367 e. The zero-order valence-electron chi connectivity index (χ0n) is 11.7.